The van der Waals surface area contributed by atoms with Crippen LogP contribution in [0.4, 0.5) is 19.0 Å². The fourth-order valence-corrected chi connectivity index (χ4v) is 1.31. The van der Waals surface area contributed by atoms with Gasteiger partial charge in [-0.15, -0.1) is 0 Å². The van der Waals surface area contributed by atoms with Crippen molar-refractivity contribution in [2.75, 3.05) is 11.4 Å². The molecular weight excluding hydrogens is 233 g/mol. The summed E-state index contributed by atoms with van der Waals surface area (Å²) in [5, 5.41) is 8.79. The Labute approximate surface area is 96.7 Å². The highest BCUT2D eigenvalue weighted by molar-refractivity contribution is 5.50. The van der Waals surface area contributed by atoms with E-state index in [-0.39, 0.29) is 11.5 Å². The molecule has 0 fully saturated rings. The zero-order valence-corrected chi connectivity index (χ0v) is 9.36. The average Bonchev–Trinajstić information content (AvgIpc) is 2.24. The quantitative estimate of drug-likeness (QED) is 0.817. The van der Waals surface area contributed by atoms with Gasteiger partial charge in [0.05, 0.1) is 0 Å². The highest BCUT2D eigenvalue weighted by atomic mass is 19.4. The van der Waals surface area contributed by atoms with E-state index >= 15 is 0 Å². The molecule has 7 heteroatoms. The molecule has 0 aliphatic heterocycles. The maximum absolute atomic E-state index is 12.4. The predicted octanol–water partition coefficient (Wildman–Crippen LogP) is 2.13. The molecular formula is C10H11F3N4. The van der Waals surface area contributed by atoms with E-state index in [0.717, 1.165) is 4.90 Å². The smallest absolute Gasteiger partial charge is 0.343 e. The third kappa shape index (κ3) is 3.59. The van der Waals surface area contributed by atoms with Crippen molar-refractivity contribution >= 4 is 5.82 Å². The first kappa shape index (κ1) is 13.2. The Morgan fingerprint density at radius 3 is 2.41 bits per heavy atom. The molecule has 4 nitrogen and oxygen atoms in total. The van der Waals surface area contributed by atoms with Gasteiger partial charge >= 0.3 is 6.18 Å². The summed E-state index contributed by atoms with van der Waals surface area (Å²) in [6, 6.07) is 1.30. The normalized spacial score (nSPS) is 11.4. The van der Waals surface area contributed by atoms with Crippen LogP contribution in [0.15, 0.2) is 12.4 Å². The van der Waals surface area contributed by atoms with Crippen molar-refractivity contribution in [1.82, 2.24) is 9.97 Å². The largest absolute Gasteiger partial charge is 0.405 e. The van der Waals surface area contributed by atoms with Crippen molar-refractivity contribution < 1.29 is 13.2 Å². The van der Waals surface area contributed by atoms with Crippen molar-refractivity contribution in [3.8, 4) is 6.07 Å². The van der Waals surface area contributed by atoms with Gasteiger partial charge in [0.1, 0.15) is 12.6 Å². The molecule has 0 N–H and O–H groups in total. The first-order valence-corrected chi connectivity index (χ1v) is 4.89. The zero-order valence-electron chi connectivity index (χ0n) is 9.36. The molecule has 0 aromatic carbocycles. The van der Waals surface area contributed by atoms with E-state index in [9.17, 15) is 13.2 Å². The topological polar surface area (TPSA) is 52.8 Å². The highest BCUT2D eigenvalue weighted by Gasteiger charge is 2.33. The van der Waals surface area contributed by atoms with Gasteiger partial charge in [-0.1, -0.05) is 0 Å². The summed E-state index contributed by atoms with van der Waals surface area (Å²) in [5.41, 5.74) is -0.106. The Balaban J connectivity index is 3.11. The molecule has 0 unspecified atom stereocenters. The molecule has 0 amide bonds. The number of nitrogens with zero attached hydrogens (tertiary/aromatic N) is 4. The van der Waals surface area contributed by atoms with E-state index in [4.69, 9.17) is 5.26 Å². The van der Waals surface area contributed by atoms with E-state index in [2.05, 4.69) is 9.97 Å². The Kier molecular flexibility index (Phi) is 3.89. The third-order valence-electron chi connectivity index (χ3n) is 2.03. The van der Waals surface area contributed by atoms with E-state index in [0.29, 0.717) is 0 Å². The summed E-state index contributed by atoms with van der Waals surface area (Å²) in [6.45, 7) is 2.04. The number of aromatic nitrogens is 2. The maximum atomic E-state index is 12.4. The molecule has 0 saturated heterocycles. The van der Waals surface area contributed by atoms with Crippen molar-refractivity contribution in [3.05, 3.63) is 18.1 Å². The lowest BCUT2D eigenvalue weighted by Crippen LogP contribution is -2.40. The van der Waals surface area contributed by atoms with Crippen LogP contribution in [0.1, 0.15) is 19.5 Å². The lowest BCUT2D eigenvalue weighted by Gasteiger charge is -2.28. The van der Waals surface area contributed by atoms with Gasteiger partial charge in [0.15, 0.2) is 11.5 Å². The van der Waals surface area contributed by atoms with Crippen LogP contribution in [0.3, 0.4) is 0 Å². The van der Waals surface area contributed by atoms with Crippen molar-refractivity contribution in [2.45, 2.75) is 26.1 Å². The number of halogens is 3. The van der Waals surface area contributed by atoms with Gasteiger partial charge in [0.25, 0.3) is 0 Å². The Morgan fingerprint density at radius 2 is 1.94 bits per heavy atom. The van der Waals surface area contributed by atoms with E-state index < -0.39 is 18.8 Å². The van der Waals surface area contributed by atoms with Crippen molar-refractivity contribution in [1.29, 1.82) is 5.26 Å². The Bertz CT molecular complexity index is 422. The Morgan fingerprint density at radius 1 is 1.35 bits per heavy atom. The lowest BCUT2D eigenvalue weighted by molar-refractivity contribution is -0.120. The van der Waals surface area contributed by atoms with Gasteiger partial charge < -0.3 is 4.90 Å². The summed E-state index contributed by atoms with van der Waals surface area (Å²) in [7, 11) is 0. The van der Waals surface area contributed by atoms with Gasteiger partial charge in [-0.05, 0) is 13.8 Å². The molecule has 1 rings (SSSR count). The molecule has 0 aliphatic rings. The van der Waals surface area contributed by atoms with Crippen molar-refractivity contribution in [2.24, 2.45) is 0 Å². The highest BCUT2D eigenvalue weighted by Crippen LogP contribution is 2.23. The van der Waals surface area contributed by atoms with Crippen LogP contribution in [-0.4, -0.2) is 28.7 Å². The van der Waals surface area contributed by atoms with E-state index in [1.807, 2.05) is 0 Å². The molecule has 92 valence electrons. The minimum absolute atomic E-state index is 0.0395. The zero-order chi connectivity index (χ0) is 13.1. The van der Waals surface area contributed by atoms with Gasteiger partial charge in [0, 0.05) is 18.4 Å². The molecule has 0 radical (unpaired) electrons. The first-order chi connectivity index (χ1) is 7.85. The van der Waals surface area contributed by atoms with Crippen LogP contribution in [0.25, 0.3) is 0 Å². The summed E-state index contributed by atoms with van der Waals surface area (Å²) >= 11 is 0. The number of hydrogen-bond donors (Lipinski definition) is 0. The van der Waals surface area contributed by atoms with Gasteiger partial charge in [-0.25, -0.2) is 9.97 Å². The lowest BCUT2D eigenvalue weighted by atomic mass is 10.3. The van der Waals surface area contributed by atoms with Crippen molar-refractivity contribution in [3.63, 3.8) is 0 Å². The van der Waals surface area contributed by atoms with Gasteiger partial charge in [-0.2, -0.15) is 18.4 Å². The number of rotatable bonds is 3. The first-order valence-electron chi connectivity index (χ1n) is 4.89. The summed E-state index contributed by atoms with van der Waals surface area (Å²) in [4.78, 5) is 8.50. The average molecular weight is 244 g/mol. The van der Waals surface area contributed by atoms with Crippen LogP contribution in [0.2, 0.25) is 0 Å². The summed E-state index contributed by atoms with van der Waals surface area (Å²) in [5.74, 6) is -0.0395. The molecule has 0 spiro atoms. The second-order valence-electron chi connectivity index (χ2n) is 3.68. The minimum Gasteiger partial charge on any atom is -0.343 e. The molecule has 0 bridgehead atoms. The van der Waals surface area contributed by atoms with Crippen LogP contribution < -0.4 is 4.90 Å². The predicted molar refractivity (Wildman–Crippen MR) is 55.3 cm³/mol. The second kappa shape index (κ2) is 4.99. The number of anilines is 1. The SMILES string of the molecule is CC(C)N(CC(F)(F)F)c1nccnc1C#N. The minimum atomic E-state index is -4.35. The van der Waals surface area contributed by atoms with E-state index in [1.165, 1.54) is 12.4 Å². The molecule has 1 heterocycles. The monoisotopic (exact) mass is 244 g/mol. The Hall–Kier alpha value is -1.84. The van der Waals surface area contributed by atoms with Crippen LogP contribution >= 0.6 is 0 Å². The number of alkyl halides is 3. The standard InChI is InChI=1S/C10H11F3N4/c1-7(2)17(6-10(11,12)13)9-8(5-14)15-3-4-16-9/h3-4,7H,6H2,1-2H3. The molecule has 17 heavy (non-hydrogen) atoms. The van der Waals surface area contributed by atoms with Gasteiger partial charge in [-0.3, -0.25) is 0 Å². The number of hydrogen-bond acceptors (Lipinski definition) is 4. The molecule has 0 aliphatic carbocycles. The number of nitriles is 1. The van der Waals surface area contributed by atoms with Crippen LogP contribution in [-0.2, 0) is 0 Å². The summed E-state index contributed by atoms with van der Waals surface area (Å²) < 4.78 is 37.2. The molecule has 0 saturated carbocycles. The molecule has 1 aromatic heterocycles. The molecule has 1 aromatic rings. The maximum Gasteiger partial charge on any atom is 0.405 e. The van der Waals surface area contributed by atoms with Crippen LogP contribution in [0, 0.1) is 11.3 Å². The summed E-state index contributed by atoms with van der Waals surface area (Å²) in [6.07, 6.45) is -1.81. The van der Waals surface area contributed by atoms with Crippen LogP contribution in [0.5, 0.6) is 0 Å². The van der Waals surface area contributed by atoms with Gasteiger partial charge in [0.2, 0.25) is 0 Å². The molecule has 0 atom stereocenters. The second-order valence-corrected chi connectivity index (χ2v) is 3.68. The fraction of sp³-hybridized carbons (Fsp3) is 0.500. The third-order valence-corrected chi connectivity index (χ3v) is 2.03. The fourth-order valence-electron chi connectivity index (χ4n) is 1.31. The van der Waals surface area contributed by atoms with E-state index in [1.54, 1.807) is 19.9 Å².